The molecule has 3 N–H and O–H groups in total. The number of likely N-dealkylation sites (N-methyl/N-ethyl adjacent to an activating group) is 1. The van der Waals surface area contributed by atoms with E-state index in [1.807, 2.05) is 27.2 Å². The van der Waals surface area contributed by atoms with Gasteiger partial charge in [0.2, 0.25) is 5.91 Å². The van der Waals surface area contributed by atoms with E-state index in [0.29, 0.717) is 17.4 Å². The minimum absolute atomic E-state index is 0.0523. The van der Waals surface area contributed by atoms with E-state index in [1.54, 1.807) is 6.08 Å². The molecular formula is C46H88N2O6P+. The summed E-state index contributed by atoms with van der Waals surface area (Å²) in [6, 6.07) is -0.867. The molecule has 0 radical (unpaired) electrons. The highest BCUT2D eigenvalue weighted by atomic mass is 31.2. The van der Waals surface area contributed by atoms with Crippen molar-refractivity contribution in [2.24, 2.45) is 0 Å². The van der Waals surface area contributed by atoms with Gasteiger partial charge in [-0.15, -0.1) is 0 Å². The first-order chi connectivity index (χ1) is 26.5. The molecule has 9 heteroatoms. The van der Waals surface area contributed by atoms with Gasteiger partial charge in [-0.3, -0.25) is 13.8 Å². The fraction of sp³-hybridized carbons (Fsp3) is 0.804. The summed E-state index contributed by atoms with van der Waals surface area (Å²) in [5.41, 5.74) is 0. The maximum Gasteiger partial charge on any atom is 0.472 e. The Morgan fingerprint density at radius 1 is 0.618 bits per heavy atom. The molecule has 0 aromatic heterocycles. The van der Waals surface area contributed by atoms with Crippen LogP contribution in [0.2, 0.25) is 0 Å². The molecule has 0 fully saturated rings. The van der Waals surface area contributed by atoms with Crippen LogP contribution in [0.4, 0.5) is 0 Å². The van der Waals surface area contributed by atoms with E-state index >= 15 is 0 Å². The Kier molecular flexibility index (Phi) is 36.9. The van der Waals surface area contributed by atoms with Crippen LogP contribution in [0.1, 0.15) is 187 Å². The van der Waals surface area contributed by atoms with Gasteiger partial charge in [-0.05, 0) is 64.2 Å². The Morgan fingerprint density at radius 3 is 1.55 bits per heavy atom. The molecule has 0 aliphatic rings. The fourth-order valence-corrected chi connectivity index (χ4v) is 6.93. The number of rotatable bonds is 40. The molecule has 55 heavy (non-hydrogen) atoms. The number of aliphatic hydroxyl groups excluding tert-OH is 1. The smallest absolute Gasteiger partial charge is 0.387 e. The highest BCUT2D eigenvalue weighted by Gasteiger charge is 2.27. The lowest BCUT2D eigenvalue weighted by Crippen LogP contribution is -2.45. The number of hydrogen-bond acceptors (Lipinski definition) is 5. The Balaban J connectivity index is 4.25. The summed E-state index contributed by atoms with van der Waals surface area (Å²) in [5.74, 6) is -0.196. The quantitative estimate of drug-likeness (QED) is 0.0247. The molecule has 0 bridgehead atoms. The maximum atomic E-state index is 12.8. The summed E-state index contributed by atoms with van der Waals surface area (Å²) in [5, 5.41) is 13.7. The van der Waals surface area contributed by atoms with E-state index in [-0.39, 0.29) is 19.1 Å². The van der Waals surface area contributed by atoms with Gasteiger partial charge >= 0.3 is 7.82 Å². The molecule has 322 valence electrons. The zero-order valence-corrected chi connectivity index (χ0v) is 37.3. The third kappa shape index (κ3) is 40.5. The summed E-state index contributed by atoms with van der Waals surface area (Å²) in [6.45, 7) is 4.65. The molecule has 0 aromatic carbocycles. The predicted molar refractivity (Wildman–Crippen MR) is 235 cm³/mol. The van der Waals surface area contributed by atoms with Gasteiger partial charge in [0.05, 0.1) is 39.9 Å². The van der Waals surface area contributed by atoms with Crippen LogP contribution in [0.3, 0.4) is 0 Å². The van der Waals surface area contributed by atoms with Crippen molar-refractivity contribution in [3.8, 4) is 0 Å². The number of aliphatic hydroxyl groups is 1. The molecule has 0 aromatic rings. The lowest BCUT2D eigenvalue weighted by atomic mass is 10.0. The van der Waals surface area contributed by atoms with Crippen LogP contribution in [-0.4, -0.2) is 73.4 Å². The summed E-state index contributed by atoms with van der Waals surface area (Å²) in [7, 11) is 1.54. The number of nitrogens with zero attached hydrogens (tertiary/aromatic N) is 1. The van der Waals surface area contributed by atoms with E-state index < -0.39 is 20.0 Å². The summed E-state index contributed by atoms with van der Waals surface area (Å²) in [4.78, 5) is 23.1. The molecule has 1 amide bonds. The predicted octanol–water partition coefficient (Wildman–Crippen LogP) is 12.5. The van der Waals surface area contributed by atoms with Crippen molar-refractivity contribution in [1.29, 1.82) is 0 Å². The standard InChI is InChI=1S/C46H87N2O6P/c1-6-8-10-12-14-16-18-19-20-21-22-23-24-25-26-27-28-29-30-32-34-36-38-40-46(50)47-44(43-54-55(51,52)53-42-41-48(3,4)5)45(49)39-37-35-33-31-17-15-13-11-9-7-2/h9,11,17,21-22,31,37,39,44-45,49H,6-8,10,12-16,18-20,23-30,32-36,38,40-43H2,1-5H3,(H-,47,50,51,52)/p+1/b11-9+,22-21-,31-17+,39-37+. The van der Waals surface area contributed by atoms with Gasteiger partial charge in [0.25, 0.3) is 0 Å². The van der Waals surface area contributed by atoms with E-state index in [1.165, 1.54) is 116 Å². The number of allylic oxidation sites excluding steroid dienone is 7. The van der Waals surface area contributed by atoms with Crippen molar-refractivity contribution < 1.29 is 32.9 Å². The zero-order valence-electron chi connectivity index (χ0n) is 36.4. The molecule has 0 aliphatic heterocycles. The van der Waals surface area contributed by atoms with Crippen LogP contribution in [0.15, 0.2) is 48.6 Å². The second kappa shape index (κ2) is 38.0. The Labute approximate surface area is 339 Å². The number of quaternary nitrogens is 1. The first-order valence-electron chi connectivity index (χ1n) is 22.5. The highest BCUT2D eigenvalue weighted by Crippen LogP contribution is 2.43. The number of carbonyl (C=O) groups excluding carboxylic acids is 1. The number of carbonyl (C=O) groups is 1. The molecular weight excluding hydrogens is 707 g/mol. The number of hydrogen-bond donors (Lipinski definition) is 3. The van der Waals surface area contributed by atoms with Crippen LogP contribution in [0.5, 0.6) is 0 Å². The lowest BCUT2D eigenvalue weighted by Gasteiger charge is -2.25. The zero-order chi connectivity index (χ0) is 40.7. The molecule has 0 rings (SSSR count). The molecule has 0 aliphatic carbocycles. The van der Waals surface area contributed by atoms with E-state index in [9.17, 15) is 19.4 Å². The number of amides is 1. The van der Waals surface area contributed by atoms with Crippen molar-refractivity contribution in [3.63, 3.8) is 0 Å². The van der Waals surface area contributed by atoms with E-state index in [2.05, 4.69) is 55.6 Å². The van der Waals surface area contributed by atoms with Crippen molar-refractivity contribution in [2.45, 2.75) is 199 Å². The third-order valence-electron chi connectivity index (χ3n) is 9.76. The molecule has 0 spiro atoms. The first-order valence-corrected chi connectivity index (χ1v) is 24.0. The number of phosphoric acid groups is 1. The number of unbranched alkanes of at least 4 members (excludes halogenated alkanes) is 21. The van der Waals surface area contributed by atoms with Crippen molar-refractivity contribution >= 4 is 13.7 Å². The Hall–Kier alpha value is -1.54. The normalized spacial score (nSPS) is 14.8. The van der Waals surface area contributed by atoms with Gasteiger partial charge in [-0.1, -0.05) is 165 Å². The fourth-order valence-electron chi connectivity index (χ4n) is 6.19. The lowest BCUT2D eigenvalue weighted by molar-refractivity contribution is -0.870. The SMILES string of the molecule is CC/C=C/CC/C=C/CC/C=C/C(O)C(COP(=O)(O)OCC[N+](C)(C)C)NC(=O)CCCCCCCCCCCCC/C=C\CCCCCCCCCC. The van der Waals surface area contributed by atoms with Gasteiger partial charge in [0.1, 0.15) is 13.2 Å². The average molecular weight is 796 g/mol. The molecule has 0 saturated carbocycles. The molecule has 0 heterocycles. The highest BCUT2D eigenvalue weighted by molar-refractivity contribution is 7.47. The molecule has 3 unspecified atom stereocenters. The third-order valence-corrected chi connectivity index (χ3v) is 10.7. The monoisotopic (exact) mass is 796 g/mol. The van der Waals surface area contributed by atoms with E-state index in [0.717, 1.165) is 51.4 Å². The van der Waals surface area contributed by atoms with Crippen LogP contribution in [0, 0.1) is 0 Å². The molecule has 8 nitrogen and oxygen atoms in total. The summed E-state index contributed by atoms with van der Waals surface area (Å²) in [6.07, 6.45) is 47.8. The molecule has 3 atom stereocenters. The maximum absolute atomic E-state index is 12.8. The first kappa shape index (κ1) is 53.5. The van der Waals surface area contributed by atoms with Crippen molar-refractivity contribution in [2.75, 3.05) is 40.9 Å². The topological polar surface area (TPSA) is 105 Å². The number of nitrogens with one attached hydrogen (secondary N) is 1. The number of phosphoric ester groups is 1. The van der Waals surface area contributed by atoms with Crippen LogP contribution >= 0.6 is 7.82 Å². The van der Waals surface area contributed by atoms with Crippen LogP contribution in [0.25, 0.3) is 0 Å². The van der Waals surface area contributed by atoms with Gasteiger partial charge in [-0.2, -0.15) is 0 Å². The van der Waals surface area contributed by atoms with Crippen LogP contribution in [-0.2, 0) is 18.4 Å². The minimum Gasteiger partial charge on any atom is -0.387 e. The Bertz CT molecular complexity index is 1040. The summed E-state index contributed by atoms with van der Waals surface area (Å²) < 4.78 is 23.5. The molecule has 0 saturated heterocycles. The Morgan fingerprint density at radius 2 is 1.05 bits per heavy atom. The average Bonchev–Trinajstić information content (AvgIpc) is 3.13. The van der Waals surface area contributed by atoms with Gasteiger partial charge in [0, 0.05) is 6.42 Å². The van der Waals surface area contributed by atoms with Crippen molar-refractivity contribution in [3.05, 3.63) is 48.6 Å². The second-order valence-electron chi connectivity index (χ2n) is 16.4. The second-order valence-corrected chi connectivity index (χ2v) is 17.8. The van der Waals surface area contributed by atoms with Gasteiger partial charge < -0.3 is 19.8 Å². The summed E-state index contributed by atoms with van der Waals surface area (Å²) >= 11 is 0. The van der Waals surface area contributed by atoms with Gasteiger partial charge in [-0.25, -0.2) is 4.57 Å². The minimum atomic E-state index is -4.34. The largest absolute Gasteiger partial charge is 0.472 e. The van der Waals surface area contributed by atoms with Crippen molar-refractivity contribution in [1.82, 2.24) is 5.32 Å². The van der Waals surface area contributed by atoms with E-state index in [4.69, 9.17) is 9.05 Å². The van der Waals surface area contributed by atoms with Gasteiger partial charge in [0.15, 0.2) is 0 Å². The van der Waals surface area contributed by atoms with Crippen LogP contribution < -0.4 is 5.32 Å².